The first-order valence-corrected chi connectivity index (χ1v) is 9.67. The fraction of sp³-hybridized carbons (Fsp3) is 0.778. The van der Waals surface area contributed by atoms with E-state index in [4.69, 9.17) is 0 Å². The number of likely N-dealkylation sites (tertiary alicyclic amines) is 2. The van der Waals surface area contributed by atoms with Crippen LogP contribution in [0.15, 0.2) is 0 Å². The van der Waals surface area contributed by atoms with E-state index in [2.05, 4.69) is 10.2 Å². The summed E-state index contributed by atoms with van der Waals surface area (Å²) in [5.41, 5.74) is -0.465. The molecule has 0 aromatic carbocycles. The van der Waals surface area contributed by atoms with Gasteiger partial charge in [0, 0.05) is 25.7 Å². The molecule has 4 fully saturated rings. The quantitative estimate of drug-likeness (QED) is 0.732. The maximum Gasteiger partial charge on any atom is 0.325 e. The zero-order valence-corrected chi connectivity index (χ0v) is 15.0. The molecule has 142 valence electrons. The van der Waals surface area contributed by atoms with Crippen LogP contribution in [0.3, 0.4) is 0 Å². The van der Waals surface area contributed by atoms with E-state index in [0.29, 0.717) is 25.6 Å². The lowest BCUT2D eigenvalue weighted by Crippen LogP contribution is -2.53. The number of nitrogens with one attached hydrogen (secondary N) is 1. The van der Waals surface area contributed by atoms with Crippen LogP contribution in [0.4, 0.5) is 4.79 Å². The molecular formula is C18H26N4O4. The zero-order chi connectivity index (χ0) is 18.3. The molecule has 5 amide bonds. The Bertz CT molecular complexity index is 629. The minimum atomic E-state index is -0.515. The third kappa shape index (κ3) is 2.85. The van der Waals surface area contributed by atoms with Crippen molar-refractivity contribution >= 4 is 23.8 Å². The number of carbonyl (C=O) groups is 4. The van der Waals surface area contributed by atoms with Gasteiger partial charge in [0.2, 0.25) is 11.8 Å². The van der Waals surface area contributed by atoms with Gasteiger partial charge in [-0.1, -0.05) is 12.8 Å². The van der Waals surface area contributed by atoms with Crippen LogP contribution in [0.1, 0.15) is 44.9 Å². The van der Waals surface area contributed by atoms with E-state index in [9.17, 15) is 19.2 Å². The molecule has 3 aliphatic heterocycles. The van der Waals surface area contributed by atoms with Crippen molar-refractivity contribution in [2.24, 2.45) is 5.41 Å². The first-order chi connectivity index (χ1) is 12.5. The summed E-state index contributed by atoms with van der Waals surface area (Å²) in [7, 11) is 0. The highest BCUT2D eigenvalue weighted by Gasteiger charge is 2.51. The fourth-order valence-electron chi connectivity index (χ4n) is 4.98. The number of hydrogen-bond acceptors (Lipinski definition) is 4. The van der Waals surface area contributed by atoms with Crippen LogP contribution in [0.25, 0.3) is 0 Å². The summed E-state index contributed by atoms with van der Waals surface area (Å²) in [4.78, 5) is 53.8. The highest BCUT2D eigenvalue weighted by atomic mass is 16.2. The zero-order valence-electron chi connectivity index (χ0n) is 15.0. The molecule has 3 heterocycles. The molecule has 0 aromatic heterocycles. The van der Waals surface area contributed by atoms with E-state index < -0.39 is 11.4 Å². The van der Waals surface area contributed by atoms with Crippen LogP contribution in [-0.4, -0.2) is 77.2 Å². The van der Waals surface area contributed by atoms with Crippen molar-refractivity contribution in [2.75, 3.05) is 32.7 Å². The Kier molecular flexibility index (Phi) is 4.36. The van der Waals surface area contributed by atoms with E-state index in [1.165, 1.54) is 12.8 Å². The summed E-state index contributed by atoms with van der Waals surface area (Å²) in [6, 6.07) is -0.145. The lowest BCUT2D eigenvalue weighted by molar-refractivity contribution is -0.149. The first-order valence-electron chi connectivity index (χ1n) is 9.67. The van der Waals surface area contributed by atoms with E-state index in [-0.39, 0.29) is 30.8 Å². The molecule has 3 saturated heterocycles. The highest BCUT2D eigenvalue weighted by Crippen LogP contribution is 2.42. The molecule has 4 aliphatic rings. The molecule has 4 rings (SSSR count). The van der Waals surface area contributed by atoms with Gasteiger partial charge in [0.1, 0.15) is 6.54 Å². The van der Waals surface area contributed by atoms with Crippen molar-refractivity contribution in [3.63, 3.8) is 0 Å². The van der Waals surface area contributed by atoms with Crippen LogP contribution in [0.2, 0.25) is 0 Å². The average molecular weight is 362 g/mol. The largest absolute Gasteiger partial charge is 0.340 e. The van der Waals surface area contributed by atoms with E-state index in [0.717, 1.165) is 37.1 Å². The number of hydrogen-bond donors (Lipinski definition) is 1. The lowest BCUT2D eigenvalue weighted by atomic mass is 9.77. The molecule has 0 aromatic rings. The van der Waals surface area contributed by atoms with E-state index in [1.807, 2.05) is 0 Å². The summed E-state index contributed by atoms with van der Waals surface area (Å²) in [5.74, 6) is -0.419. The van der Waals surface area contributed by atoms with E-state index >= 15 is 0 Å². The fourth-order valence-corrected chi connectivity index (χ4v) is 4.98. The number of carbonyl (C=O) groups excluding carboxylic acids is 4. The van der Waals surface area contributed by atoms with Crippen molar-refractivity contribution in [2.45, 2.75) is 51.0 Å². The molecule has 8 heteroatoms. The molecule has 1 unspecified atom stereocenters. The van der Waals surface area contributed by atoms with Crippen molar-refractivity contribution in [3.8, 4) is 0 Å². The predicted octanol–water partition coefficient (Wildman–Crippen LogP) is 0.322. The lowest BCUT2D eigenvalue weighted by Gasteiger charge is -2.42. The minimum Gasteiger partial charge on any atom is -0.340 e. The molecule has 1 N–H and O–H groups in total. The Morgan fingerprint density at radius 2 is 1.85 bits per heavy atom. The van der Waals surface area contributed by atoms with Gasteiger partial charge in [0.25, 0.3) is 5.91 Å². The SMILES string of the molecule is O=C(CN1C(=O)CNC1=O)N1CCC2(CCCN(C3CCCC3)C2=O)C1. The second-order valence-corrected chi connectivity index (χ2v) is 8.02. The van der Waals surface area contributed by atoms with Crippen LogP contribution in [0, 0.1) is 5.41 Å². The van der Waals surface area contributed by atoms with Crippen LogP contribution >= 0.6 is 0 Å². The summed E-state index contributed by atoms with van der Waals surface area (Å²) >= 11 is 0. The van der Waals surface area contributed by atoms with Gasteiger partial charge in [-0.15, -0.1) is 0 Å². The maximum atomic E-state index is 13.2. The second kappa shape index (κ2) is 6.55. The molecule has 0 bridgehead atoms. The molecule has 1 saturated carbocycles. The smallest absolute Gasteiger partial charge is 0.325 e. The van der Waals surface area contributed by atoms with Crippen molar-refractivity contribution in [3.05, 3.63) is 0 Å². The summed E-state index contributed by atoms with van der Waals surface area (Å²) in [5, 5.41) is 2.42. The maximum absolute atomic E-state index is 13.2. The molecule has 1 atom stereocenters. The van der Waals surface area contributed by atoms with Gasteiger partial charge in [-0.2, -0.15) is 0 Å². The van der Waals surface area contributed by atoms with Crippen LogP contribution < -0.4 is 5.32 Å². The Hall–Kier alpha value is -2.12. The normalized spacial score (nSPS) is 30.0. The predicted molar refractivity (Wildman–Crippen MR) is 91.9 cm³/mol. The van der Waals surface area contributed by atoms with Gasteiger partial charge >= 0.3 is 6.03 Å². The van der Waals surface area contributed by atoms with Gasteiger partial charge in [-0.25, -0.2) is 4.79 Å². The van der Waals surface area contributed by atoms with Crippen molar-refractivity contribution < 1.29 is 19.2 Å². The van der Waals surface area contributed by atoms with Crippen molar-refractivity contribution in [1.82, 2.24) is 20.0 Å². The van der Waals surface area contributed by atoms with Crippen LogP contribution in [0.5, 0.6) is 0 Å². The molecular weight excluding hydrogens is 336 g/mol. The molecule has 0 radical (unpaired) electrons. The number of piperidine rings is 1. The Labute approximate surface area is 152 Å². The Balaban J connectivity index is 1.41. The van der Waals surface area contributed by atoms with Gasteiger partial charge in [0.15, 0.2) is 0 Å². The molecule has 1 spiro atoms. The highest BCUT2D eigenvalue weighted by molar-refractivity contribution is 6.04. The Morgan fingerprint density at radius 1 is 1.08 bits per heavy atom. The summed E-state index contributed by atoms with van der Waals surface area (Å²) in [6.07, 6.45) is 7.06. The Morgan fingerprint density at radius 3 is 2.54 bits per heavy atom. The molecule has 8 nitrogen and oxygen atoms in total. The van der Waals surface area contributed by atoms with Crippen molar-refractivity contribution in [1.29, 1.82) is 0 Å². The molecule has 26 heavy (non-hydrogen) atoms. The third-order valence-electron chi connectivity index (χ3n) is 6.47. The monoisotopic (exact) mass is 362 g/mol. The van der Waals surface area contributed by atoms with Crippen LogP contribution in [-0.2, 0) is 14.4 Å². The summed E-state index contributed by atoms with van der Waals surface area (Å²) < 4.78 is 0. The molecule has 1 aliphatic carbocycles. The third-order valence-corrected chi connectivity index (χ3v) is 6.47. The van der Waals surface area contributed by atoms with Gasteiger partial charge in [0.05, 0.1) is 12.0 Å². The number of nitrogens with zero attached hydrogens (tertiary/aromatic N) is 3. The minimum absolute atomic E-state index is 0.0507. The summed E-state index contributed by atoms with van der Waals surface area (Å²) in [6.45, 7) is 1.48. The number of rotatable bonds is 3. The topological polar surface area (TPSA) is 90.0 Å². The standard InChI is InChI=1S/C18H26N4O4/c23-14-10-19-17(26)22(14)11-15(24)20-9-7-18(12-20)6-3-8-21(16(18)25)13-4-1-2-5-13/h13H,1-12H2,(H,19,26). The number of amides is 5. The van der Waals surface area contributed by atoms with Gasteiger partial charge in [-0.05, 0) is 32.1 Å². The first kappa shape index (κ1) is 17.3. The average Bonchev–Trinajstić information content (AvgIpc) is 3.35. The number of urea groups is 1. The van der Waals surface area contributed by atoms with E-state index in [1.54, 1.807) is 4.90 Å². The van der Waals surface area contributed by atoms with Gasteiger partial charge in [-0.3, -0.25) is 19.3 Å². The number of imide groups is 1. The second-order valence-electron chi connectivity index (χ2n) is 8.02. The van der Waals surface area contributed by atoms with Gasteiger partial charge < -0.3 is 15.1 Å².